The smallest absolute Gasteiger partial charge is 0.392 e. The molecule has 1 fully saturated rings. The molecule has 20 heavy (non-hydrogen) atoms. The first-order valence-corrected chi connectivity index (χ1v) is 6.55. The fraction of sp³-hybridized carbons (Fsp3) is 0.571. The van der Waals surface area contributed by atoms with Gasteiger partial charge < -0.3 is 14.7 Å². The third-order valence-corrected chi connectivity index (χ3v) is 3.70. The van der Waals surface area contributed by atoms with E-state index < -0.39 is 18.3 Å². The maximum atomic E-state index is 12.7. The molecule has 0 aromatic heterocycles. The van der Waals surface area contributed by atoms with Crippen LogP contribution in [0.1, 0.15) is 24.0 Å². The van der Waals surface area contributed by atoms with Crippen molar-refractivity contribution in [3.8, 4) is 0 Å². The molecule has 1 N–H and O–H groups in total. The molecule has 1 aliphatic rings. The van der Waals surface area contributed by atoms with Crippen molar-refractivity contribution in [1.29, 1.82) is 0 Å². The van der Waals surface area contributed by atoms with Crippen molar-refractivity contribution in [3.05, 3.63) is 29.3 Å². The molecule has 1 saturated heterocycles. The first-order chi connectivity index (χ1) is 9.43. The van der Waals surface area contributed by atoms with Gasteiger partial charge in [-0.15, -0.1) is 0 Å². The van der Waals surface area contributed by atoms with Crippen LogP contribution in [0.2, 0.25) is 0 Å². The Hall–Kier alpha value is -1.27. The molecule has 6 heteroatoms. The van der Waals surface area contributed by atoms with Crippen LogP contribution in [0.25, 0.3) is 0 Å². The fourth-order valence-electron chi connectivity index (χ4n) is 2.50. The van der Waals surface area contributed by atoms with Gasteiger partial charge >= 0.3 is 6.18 Å². The van der Waals surface area contributed by atoms with Gasteiger partial charge in [0, 0.05) is 37.6 Å². The van der Waals surface area contributed by atoms with E-state index in [0.717, 1.165) is 25.0 Å². The minimum Gasteiger partial charge on any atom is -0.392 e. The normalized spacial score (nSPS) is 17.2. The molecule has 1 aromatic carbocycles. The summed E-state index contributed by atoms with van der Waals surface area (Å²) in [6.07, 6.45) is -2.72. The Kier molecular flexibility index (Phi) is 4.55. The van der Waals surface area contributed by atoms with Crippen LogP contribution in [0.3, 0.4) is 0 Å². The molecule has 3 nitrogen and oxygen atoms in total. The van der Waals surface area contributed by atoms with E-state index in [2.05, 4.69) is 0 Å². The van der Waals surface area contributed by atoms with Crippen molar-refractivity contribution >= 4 is 5.69 Å². The second-order valence-electron chi connectivity index (χ2n) is 4.95. The van der Waals surface area contributed by atoms with Gasteiger partial charge in [0.15, 0.2) is 0 Å². The molecule has 0 amide bonds. The quantitative estimate of drug-likeness (QED) is 0.928. The molecule has 2 rings (SSSR count). The highest BCUT2D eigenvalue weighted by molar-refractivity contribution is 5.55. The van der Waals surface area contributed by atoms with Crippen LogP contribution in [0.4, 0.5) is 18.9 Å². The number of rotatable bonds is 3. The van der Waals surface area contributed by atoms with E-state index in [1.54, 1.807) is 0 Å². The molecule has 0 spiro atoms. The Balaban J connectivity index is 2.26. The van der Waals surface area contributed by atoms with Gasteiger partial charge in [0.1, 0.15) is 0 Å². The predicted molar refractivity (Wildman–Crippen MR) is 69.6 cm³/mol. The highest BCUT2D eigenvalue weighted by Gasteiger charge is 2.31. The van der Waals surface area contributed by atoms with Gasteiger partial charge in [0.25, 0.3) is 0 Å². The first-order valence-electron chi connectivity index (χ1n) is 6.55. The largest absolute Gasteiger partial charge is 0.416 e. The molecule has 0 aliphatic carbocycles. The number of halogens is 3. The predicted octanol–water partition coefficient (Wildman–Crippen LogP) is 2.81. The van der Waals surface area contributed by atoms with Crippen LogP contribution >= 0.6 is 0 Å². The van der Waals surface area contributed by atoms with Gasteiger partial charge in [-0.3, -0.25) is 0 Å². The van der Waals surface area contributed by atoms with E-state index in [4.69, 9.17) is 4.74 Å². The van der Waals surface area contributed by atoms with Crippen molar-refractivity contribution < 1.29 is 23.0 Å². The number of alkyl halides is 3. The number of hydrogen-bond acceptors (Lipinski definition) is 3. The van der Waals surface area contributed by atoms with Crippen molar-refractivity contribution in [2.45, 2.75) is 31.7 Å². The maximum Gasteiger partial charge on any atom is 0.416 e. The first kappa shape index (κ1) is 15.1. The number of ether oxygens (including phenoxy) is 1. The second kappa shape index (κ2) is 6.01. The molecular formula is C14H18F3NO2. The molecule has 0 atom stereocenters. The number of anilines is 1. The van der Waals surface area contributed by atoms with Crippen LogP contribution in [-0.4, -0.2) is 31.4 Å². The highest BCUT2D eigenvalue weighted by Crippen LogP contribution is 2.33. The Morgan fingerprint density at radius 1 is 1.30 bits per heavy atom. The summed E-state index contributed by atoms with van der Waals surface area (Å²) in [4.78, 5) is 1.94. The molecule has 112 valence electrons. The third kappa shape index (κ3) is 3.24. The van der Waals surface area contributed by atoms with Gasteiger partial charge in [0.2, 0.25) is 0 Å². The Morgan fingerprint density at radius 2 is 1.95 bits per heavy atom. The maximum absolute atomic E-state index is 12.7. The Morgan fingerprint density at radius 3 is 2.50 bits per heavy atom. The summed E-state index contributed by atoms with van der Waals surface area (Å²) in [5.41, 5.74) is 0.215. The zero-order valence-corrected chi connectivity index (χ0v) is 11.3. The monoisotopic (exact) mass is 289 g/mol. The molecule has 0 bridgehead atoms. The molecule has 0 radical (unpaired) electrons. The van der Waals surface area contributed by atoms with Crippen molar-refractivity contribution in [2.24, 2.45) is 0 Å². The molecule has 0 unspecified atom stereocenters. The van der Waals surface area contributed by atoms with Gasteiger partial charge in [-0.2, -0.15) is 13.2 Å². The molecular weight excluding hydrogens is 271 g/mol. The minimum absolute atomic E-state index is 0.228. The fourth-order valence-corrected chi connectivity index (χ4v) is 2.50. The van der Waals surface area contributed by atoms with Gasteiger partial charge in [-0.25, -0.2) is 0 Å². The van der Waals surface area contributed by atoms with Crippen LogP contribution in [0.5, 0.6) is 0 Å². The number of nitrogens with zero attached hydrogens (tertiary/aromatic N) is 1. The summed E-state index contributed by atoms with van der Waals surface area (Å²) in [7, 11) is 1.84. The summed E-state index contributed by atoms with van der Waals surface area (Å²) in [6, 6.07) is 3.74. The molecule has 1 heterocycles. The summed E-state index contributed by atoms with van der Waals surface area (Å²) in [5, 5.41) is 9.34. The average Bonchev–Trinajstić information content (AvgIpc) is 2.45. The zero-order valence-electron chi connectivity index (χ0n) is 11.3. The van der Waals surface area contributed by atoms with E-state index in [9.17, 15) is 18.3 Å². The zero-order chi connectivity index (χ0) is 14.8. The van der Waals surface area contributed by atoms with Gasteiger partial charge in [-0.1, -0.05) is 0 Å². The van der Waals surface area contributed by atoms with Crippen molar-refractivity contribution in [3.63, 3.8) is 0 Å². The summed E-state index contributed by atoms with van der Waals surface area (Å²) >= 11 is 0. The lowest BCUT2D eigenvalue weighted by molar-refractivity contribution is -0.137. The summed E-state index contributed by atoms with van der Waals surface area (Å²) < 4.78 is 43.3. The van der Waals surface area contributed by atoms with Crippen molar-refractivity contribution in [2.75, 3.05) is 25.2 Å². The summed E-state index contributed by atoms with van der Waals surface area (Å²) in [5.74, 6) is 0. The van der Waals surface area contributed by atoms with Crippen LogP contribution < -0.4 is 4.90 Å². The number of aliphatic hydroxyl groups is 1. The van der Waals surface area contributed by atoms with E-state index >= 15 is 0 Å². The van der Waals surface area contributed by atoms with E-state index in [-0.39, 0.29) is 6.04 Å². The van der Waals surface area contributed by atoms with Crippen LogP contribution in [-0.2, 0) is 17.5 Å². The molecule has 1 aromatic rings. The van der Waals surface area contributed by atoms with E-state index in [1.165, 1.54) is 6.07 Å². The molecule has 0 saturated carbocycles. The highest BCUT2D eigenvalue weighted by atomic mass is 19.4. The summed E-state index contributed by atoms with van der Waals surface area (Å²) in [6.45, 7) is 0.904. The lowest BCUT2D eigenvalue weighted by atomic mass is 10.0. The second-order valence-corrected chi connectivity index (χ2v) is 4.95. The Bertz CT molecular complexity index is 456. The van der Waals surface area contributed by atoms with Crippen molar-refractivity contribution in [1.82, 2.24) is 0 Å². The van der Waals surface area contributed by atoms with E-state index in [1.807, 2.05) is 11.9 Å². The lowest BCUT2D eigenvalue weighted by Crippen LogP contribution is -2.37. The topological polar surface area (TPSA) is 32.7 Å². The van der Waals surface area contributed by atoms with Crippen LogP contribution in [0.15, 0.2) is 18.2 Å². The van der Waals surface area contributed by atoms with E-state index in [0.29, 0.717) is 24.5 Å². The lowest BCUT2D eigenvalue weighted by Gasteiger charge is -2.34. The molecule has 1 aliphatic heterocycles. The number of hydrogen-bond donors (Lipinski definition) is 1. The number of aliphatic hydroxyl groups excluding tert-OH is 1. The average molecular weight is 289 g/mol. The number of benzene rings is 1. The standard InChI is InChI=1S/C14H18F3NO2/c1-18(12-4-6-20-7-5-12)13-3-2-11(14(15,16)17)8-10(13)9-19/h2-3,8,12,19H,4-7,9H2,1H3. The van der Waals surface area contributed by atoms with Gasteiger partial charge in [-0.05, 0) is 31.0 Å². The minimum atomic E-state index is -4.39. The SMILES string of the molecule is CN(c1ccc(C(F)(F)F)cc1CO)C1CCOCC1. The third-order valence-electron chi connectivity index (χ3n) is 3.70. The van der Waals surface area contributed by atoms with Crippen LogP contribution in [0, 0.1) is 0 Å². The van der Waals surface area contributed by atoms with Gasteiger partial charge in [0.05, 0.1) is 12.2 Å². The Labute approximate surface area is 116 Å².